The second-order valence-corrected chi connectivity index (χ2v) is 14.0. The molecule has 0 unspecified atom stereocenters. The van der Waals surface area contributed by atoms with Crippen molar-refractivity contribution in [1.82, 2.24) is 14.9 Å². The lowest BCUT2D eigenvalue weighted by Gasteiger charge is -2.35. The number of ether oxygens (including phenoxy) is 1. The molecule has 0 atom stereocenters. The Labute approximate surface area is 194 Å². The van der Waals surface area contributed by atoms with Crippen molar-refractivity contribution in [2.24, 2.45) is 0 Å². The van der Waals surface area contributed by atoms with Crippen LogP contribution < -0.4 is 4.74 Å². The van der Waals surface area contributed by atoms with Gasteiger partial charge in [0.15, 0.2) is 13.9 Å². The van der Waals surface area contributed by atoms with E-state index in [0.29, 0.717) is 39.7 Å². The summed E-state index contributed by atoms with van der Waals surface area (Å²) in [5.41, 5.74) is 2.02. The highest BCUT2D eigenvalue weighted by Gasteiger charge is 2.37. The standard InChI is InChI=1S/C23H30ClN3O4Si/c1-23(2,32(5,6)29)9-7-11-27(3)22(28)18-13-19(30-4)15(14-26-18)20-12-17-21(31-20)16(24)8-10-25-17/h8,10,12-14,29H,7,9,11H2,1-6H3. The van der Waals surface area contributed by atoms with E-state index in [1.54, 1.807) is 42.5 Å². The lowest BCUT2D eigenvalue weighted by atomic mass is 10.1. The van der Waals surface area contributed by atoms with Gasteiger partial charge in [-0.2, -0.15) is 0 Å². The molecule has 0 aliphatic rings. The predicted molar refractivity (Wildman–Crippen MR) is 129 cm³/mol. The normalized spacial score (nSPS) is 12.2. The number of halogens is 1. The van der Waals surface area contributed by atoms with Crippen LogP contribution in [0, 0.1) is 0 Å². The first-order valence-electron chi connectivity index (χ1n) is 10.5. The Kier molecular flexibility index (Phi) is 6.97. The number of pyridine rings is 2. The Morgan fingerprint density at radius 2 is 2.03 bits per heavy atom. The zero-order valence-electron chi connectivity index (χ0n) is 19.4. The fourth-order valence-electron chi connectivity index (χ4n) is 3.31. The van der Waals surface area contributed by atoms with Crippen molar-refractivity contribution >= 4 is 36.9 Å². The highest BCUT2D eigenvalue weighted by atomic mass is 35.5. The molecule has 1 amide bonds. The fourth-order valence-corrected chi connectivity index (χ4v) is 4.29. The second kappa shape index (κ2) is 9.21. The maximum absolute atomic E-state index is 12.9. The van der Waals surface area contributed by atoms with Gasteiger partial charge in [-0.05, 0) is 37.0 Å². The molecule has 3 heterocycles. The Morgan fingerprint density at radius 1 is 1.31 bits per heavy atom. The van der Waals surface area contributed by atoms with Crippen molar-refractivity contribution in [1.29, 1.82) is 0 Å². The zero-order chi connectivity index (χ0) is 23.7. The molecule has 0 aliphatic heterocycles. The molecule has 0 aromatic carbocycles. The van der Waals surface area contributed by atoms with Gasteiger partial charge in [-0.3, -0.25) is 14.8 Å². The van der Waals surface area contributed by atoms with Crippen LogP contribution in [0.25, 0.3) is 22.4 Å². The smallest absolute Gasteiger partial charge is 0.272 e. The minimum absolute atomic E-state index is 0.121. The van der Waals surface area contributed by atoms with Gasteiger partial charge in [0, 0.05) is 38.1 Å². The number of fused-ring (bicyclic) bond motifs is 1. The minimum atomic E-state index is -2.27. The largest absolute Gasteiger partial charge is 0.496 e. The van der Waals surface area contributed by atoms with E-state index < -0.39 is 8.32 Å². The van der Waals surface area contributed by atoms with Crippen LogP contribution in [0.5, 0.6) is 5.75 Å². The Morgan fingerprint density at radius 3 is 2.66 bits per heavy atom. The molecule has 7 nitrogen and oxygen atoms in total. The Hall–Kier alpha value is -2.42. The van der Waals surface area contributed by atoms with Gasteiger partial charge in [-0.25, -0.2) is 0 Å². The molecule has 0 spiro atoms. The van der Waals surface area contributed by atoms with Crippen LogP contribution in [0.2, 0.25) is 23.2 Å². The van der Waals surface area contributed by atoms with Gasteiger partial charge < -0.3 is 18.8 Å². The average molecular weight is 476 g/mol. The van der Waals surface area contributed by atoms with Gasteiger partial charge >= 0.3 is 0 Å². The number of furan rings is 1. The second-order valence-electron chi connectivity index (χ2n) is 9.16. The topological polar surface area (TPSA) is 88.7 Å². The number of methoxy groups -OCH3 is 1. The van der Waals surface area contributed by atoms with Gasteiger partial charge in [0.1, 0.15) is 22.7 Å². The number of hydrogen-bond donors (Lipinski definition) is 1. The fraction of sp³-hybridized carbons (Fsp3) is 0.435. The summed E-state index contributed by atoms with van der Waals surface area (Å²) < 4.78 is 11.4. The maximum Gasteiger partial charge on any atom is 0.272 e. The number of aromatic nitrogens is 2. The number of rotatable bonds is 8. The number of carbonyl (C=O) groups excluding carboxylic acids is 1. The Bertz CT molecular complexity index is 1120. The first-order chi connectivity index (χ1) is 14.9. The quantitative estimate of drug-likeness (QED) is 0.440. The van der Waals surface area contributed by atoms with E-state index >= 15 is 0 Å². The molecule has 3 aromatic rings. The first-order valence-corrected chi connectivity index (χ1v) is 13.8. The van der Waals surface area contributed by atoms with Crippen LogP contribution in [-0.4, -0.2) is 54.6 Å². The monoisotopic (exact) mass is 475 g/mol. The lowest BCUT2D eigenvalue weighted by Crippen LogP contribution is -2.39. The molecular weight excluding hydrogens is 446 g/mol. The third-order valence-corrected chi connectivity index (χ3v) is 10.1. The van der Waals surface area contributed by atoms with Crippen LogP contribution in [0.15, 0.2) is 35.0 Å². The van der Waals surface area contributed by atoms with E-state index in [9.17, 15) is 9.59 Å². The maximum atomic E-state index is 12.9. The lowest BCUT2D eigenvalue weighted by molar-refractivity contribution is 0.0785. The van der Waals surface area contributed by atoms with Gasteiger partial charge in [0.2, 0.25) is 0 Å². The first kappa shape index (κ1) is 24.2. The summed E-state index contributed by atoms with van der Waals surface area (Å²) in [6.07, 6.45) is 4.82. The molecule has 32 heavy (non-hydrogen) atoms. The molecule has 3 aromatic heterocycles. The summed E-state index contributed by atoms with van der Waals surface area (Å²) in [6.45, 7) is 8.66. The molecule has 0 aliphatic carbocycles. The van der Waals surface area contributed by atoms with E-state index in [4.69, 9.17) is 20.8 Å². The van der Waals surface area contributed by atoms with Gasteiger partial charge in [0.25, 0.3) is 5.91 Å². The third kappa shape index (κ3) is 4.97. The van der Waals surface area contributed by atoms with Crippen molar-refractivity contribution in [2.75, 3.05) is 20.7 Å². The molecule has 172 valence electrons. The average Bonchev–Trinajstić information content (AvgIpc) is 3.17. The summed E-state index contributed by atoms with van der Waals surface area (Å²) in [7, 11) is 1.02. The van der Waals surface area contributed by atoms with Crippen LogP contribution in [0.4, 0.5) is 0 Å². The van der Waals surface area contributed by atoms with Gasteiger partial charge in [-0.1, -0.05) is 25.4 Å². The van der Waals surface area contributed by atoms with Crippen molar-refractivity contribution in [3.05, 3.63) is 41.3 Å². The molecule has 0 saturated heterocycles. The minimum Gasteiger partial charge on any atom is -0.496 e. The molecule has 1 N–H and O–H groups in total. The van der Waals surface area contributed by atoms with E-state index in [2.05, 4.69) is 23.8 Å². The molecule has 0 fully saturated rings. The van der Waals surface area contributed by atoms with Gasteiger partial charge in [-0.15, -0.1) is 0 Å². The van der Waals surface area contributed by atoms with Crippen molar-refractivity contribution < 1.29 is 18.7 Å². The third-order valence-electron chi connectivity index (χ3n) is 6.23. The zero-order valence-corrected chi connectivity index (χ0v) is 21.2. The summed E-state index contributed by atoms with van der Waals surface area (Å²) >= 11 is 6.19. The molecule has 0 bridgehead atoms. The van der Waals surface area contributed by atoms with Crippen LogP contribution in [0.3, 0.4) is 0 Å². The van der Waals surface area contributed by atoms with Crippen molar-refractivity contribution in [2.45, 2.75) is 44.8 Å². The molecular formula is C23H30ClN3O4Si. The highest BCUT2D eigenvalue weighted by Crippen LogP contribution is 2.40. The predicted octanol–water partition coefficient (Wildman–Crippen LogP) is 5.38. The number of nitrogens with zero attached hydrogens (tertiary/aromatic N) is 3. The van der Waals surface area contributed by atoms with Crippen LogP contribution >= 0.6 is 11.6 Å². The molecule has 9 heteroatoms. The van der Waals surface area contributed by atoms with Crippen molar-refractivity contribution in [3.8, 4) is 17.1 Å². The van der Waals surface area contributed by atoms with Crippen molar-refractivity contribution in [3.63, 3.8) is 0 Å². The van der Waals surface area contributed by atoms with E-state index in [-0.39, 0.29) is 16.6 Å². The van der Waals surface area contributed by atoms with Crippen LogP contribution in [0.1, 0.15) is 37.2 Å². The summed E-state index contributed by atoms with van der Waals surface area (Å²) in [6, 6.07) is 5.04. The van der Waals surface area contributed by atoms with Gasteiger partial charge in [0.05, 0.1) is 17.7 Å². The van der Waals surface area contributed by atoms with E-state index in [1.165, 1.54) is 7.11 Å². The summed E-state index contributed by atoms with van der Waals surface area (Å²) in [5.74, 6) is 0.791. The molecule has 3 rings (SSSR count). The number of carbonyl (C=O) groups is 1. The number of amides is 1. The van der Waals surface area contributed by atoms with E-state index in [0.717, 1.165) is 12.8 Å². The molecule has 0 radical (unpaired) electrons. The Balaban J connectivity index is 1.76. The summed E-state index contributed by atoms with van der Waals surface area (Å²) in [4.78, 5) is 33.6. The van der Waals surface area contributed by atoms with Crippen LogP contribution in [-0.2, 0) is 0 Å². The SMILES string of the molecule is COc1cc(C(=O)N(C)CCCC(C)(C)[Si](C)(C)O)ncc1-c1cc2nccc(Cl)c2o1. The molecule has 0 saturated carbocycles. The number of hydrogen-bond acceptors (Lipinski definition) is 6. The summed E-state index contributed by atoms with van der Waals surface area (Å²) in [5, 5.41) is 0.349. The highest BCUT2D eigenvalue weighted by molar-refractivity contribution is 6.72. The van der Waals surface area contributed by atoms with E-state index in [1.807, 2.05) is 13.1 Å².